The molecule has 1 aliphatic rings. The highest BCUT2D eigenvalue weighted by atomic mass is 35.5. The van der Waals surface area contributed by atoms with E-state index in [1.807, 2.05) is 31.2 Å². The number of aromatic nitrogens is 2. The highest BCUT2D eigenvalue weighted by molar-refractivity contribution is 6.31. The van der Waals surface area contributed by atoms with Crippen LogP contribution < -0.4 is 4.74 Å². The molecule has 174 valence electrons. The van der Waals surface area contributed by atoms with Crippen LogP contribution in [0.25, 0.3) is 11.3 Å². The maximum Gasteiger partial charge on any atom is 0.273 e. The Hall–Kier alpha value is -3.03. The number of halogens is 1. The molecular formula is C25H28ClN3O4. The summed E-state index contributed by atoms with van der Waals surface area (Å²) in [5.74, 6) is 0.553. The fraction of sp³-hybridized carbons (Fsp3) is 0.360. The van der Waals surface area contributed by atoms with Crippen LogP contribution in [0.1, 0.15) is 59.4 Å². The molecule has 7 nitrogen and oxygen atoms in total. The van der Waals surface area contributed by atoms with Crippen LogP contribution in [-0.2, 0) is 0 Å². The number of aryl methyl sites for hydroxylation is 1. The summed E-state index contributed by atoms with van der Waals surface area (Å²) in [6, 6.07) is 10.4. The summed E-state index contributed by atoms with van der Waals surface area (Å²) in [6.45, 7) is 4.62. The van der Waals surface area contributed by atoms with Gasteiger partial charge in [-0.3, -0.25) is 9.89 Å². The molecule has 1 unspecified atom stereocenters. The molecule has 0 saturated carbocycles. The monoisotopic (exact) mass is 469 g/mol. The van der Waals surface area contributed by atoms with E-state index in [-0.39, 0.29) is 24.8 Å². The number of fused-ring (bicyclic) bond motifs is 1. The Kier molecular flexibility index (Phi) is 6.91. The zero-order chi connectivity index (χ0) is 23.5. The topological polar surface area (TPSA) is 98.7 Å². The van der Waals surface area contributed by atoms with Gasteiger partial charge in [-0.15, -0.1) is 0 Å². The van der Waals surface area contributed by atoms with E-state index in [1.54, 1.807) is 17.0 Å². The third kappa shape index (κ3) is 4.43. The number of nitrogens with one attached hydrogen (secondary N) is 1. The minimum atomic E-state index is -0.470. The lowest BCUT2D eigenvalue weighted by atomic mass is 9.95. The Balaban J connectivity index is 1.73. The van der Waals surface area contributed by atoms with Crippen molar-refractivity contribution in [2.75, 3.05) is 19.8 Å². The van der Waals surface area contributed by atoms with E-state index in [9.17, 15) is 15.0 Å². The number of phenolic OH excluding ortho intramolecular Hbond substituents is 1. The second kappa shape index (κ2) is 9.85. The number of aliphatic hydroxyl groups excluding tert-OH is 1. The number of hydrogen-bond acceptors (Lipinski definition) is 5. The number of unbranched alkanes of at least 4 members (excludes halogenated alkanes) is 2. The Bertz CT molecular complexity index is 1140. The lowest BCUT2D eigenvalue weighted by Gasteiger charge is -2.26. The average molecular weight is 470 g/mol. The van der Waals surface area contributed by atoms with Gasteiger partial charge in [0.25, 0.3) is 5.91 Å². The Morgan fingerprint density at radius 1 is 1.21 bits per heavy atom. The molecule has 0 saturated heterocycles. The lowest BCUT2D eigenvalue weighted by Crippen LogP contribution is -2.32. The van der Waals surface area contributed by atoms with Crippen LogP contribution in [0.5, 0.6) is 11.5 Å². The number of H-pyrrole nitrogens is 1. The molecule has 3 aromatic rings. The Labute approximate surface area is 198 Å². The number of aromatic hydroxyl groups is 1. The van der Waals surface area contributed by atoms with Gasteiger partial charge in [-0.1, -0.05) is 43.5 Å². The van der Waals surface area contributed by atoms with Crippen molar-refractivity contribution in [3.63, 3.8) is 0 Å². The van der Waals surface area contributed by atoms with E-state index in [0.717, 1.165) is 36.1 Å². The molecular weight excluding hydrogens is 442 g/mol. The molecule has 2 heterocycles. The summed E-state index contributed by atoms with van der Waals surface area (Å²) in [5.41, 5.74) is 3.51. The van der Waals surface area contributed by atoms with Crippen molar-refractivity contribution in [1.29, 1.82) is 0 Å². The number of rotatable bonds is 9. The second-order valence-electron chi connectivity index (χ2n) is 8.23. The van der Waals surface area contributed by atoms with E-state index in [2.05, 4.69) is 17.1 Å². The van der Waals surface area contributed by atoms with E-state index < -0.39 is 6.04 Å². The summed E-state index contributed by atoms with van der Waals surface area (Å²) < 4.78 is 5.82. The number of hydrogen-bond donors (Lipinski definition) is 3. The Morgan fingerprint density at radius 2 is 1.97 bits per heavy atom. The first kappa shape index (κ1) is 23.1. The van der Waals surface area contributed by atoms with Crippen molar-refractivity contribution in [2.45, 2.75) is 39.2 Å². The molecule has 2 aromatic carbocycles. The molecule has 0 radical (unpaired) electrons. The average Bonchev–Trinajstić information content (AvgIpc) is 3.34. The van der Waals surface area contributed by atoms with E-state index in [4.69, 9.17) is 16.3 Å². The maximum atomic E-state index is 13.1. The molecule has 0 spiro atoms. The summed E-state index contributed by atoms with van der Waals surface area (Å²) in [5, 5.41) is 27.9. The molecule has 3 N–H and O–H groups in total. The highest BCUT2D eigenvalue weighted by Gasteiger charge is 2.42. The molecule has 0 fully saturated rings. The van der Waals surface area contributed by atoms with Gasteiger partial charge < -0.3 is 19.8 Å². The predicted molar refractivity (Wildman–Crippen MR) is 127 cm³/mol. The second-order valence-corrected chi connectivity index (χ2v) is 8.64. The van der Waals surface area contributed by atoms with Crippen molar-refractivity contribution in [1.82, 2.24) is 15.1 Å². The molecule has 33 heavy (non-hydrogen) atoms. The quantitative estimate of drug-likeness (QED) is 0.389. The molecule has 1 aliphatic heterocycles. The van der Waals surface area contributed by atoms with Crippen molar-refractivity contribution in [3.05, 3.63) is 63.8 Å². The summed E-state index contributed by atoms with van der Waals surface area (Å²) in [4.78, 5) is 14.7. The van der Waals surface area contributed by atoms with Gasteiger partial charge in [0.1, 0.15) is 22.9 Å². The summed E-state index contributed by atoms with van der Waals surface area (Å²) in [7, 11) is 0. The van der Waals surface area contributed by atoms with Crippen molar-refractivity contribution in [2.24, 2.45) is 0 Å². The minimum Gasteiger partial charge on any atom is -0.507 e. The number of β-amino-alcohol motifs (C(OH)–C–C–N with tert-alkyl or cyclic N) is 1. The van der Waals surface area contributed by atoms with Crippen LogP contribution in [0.3, 0.4) is 0 Å². The maximum absolute atomic E-state index is 13.1. The van der Waals surface area contributed by atoms with Crippen LogP contribution in [0.15, 0.2) is 36.4 Å². The van der Waals surface area contributed by atoms with Gasteiger partial charge >= 0.3 is 0 Å². The van der Waals surface area contributed by atoms with Crippen molar-refractivity contribution >= 4 is 17.5 Å². The highest BCUT2D eigenvalue weighted by Crippen LogP contribution is 2.45. The van der Waals surface area contributed by atoms with E-state index in [0.29, 0.717) is 34.1 Å². The van der Waals surface area contributed by atoms with Crippen molar-refractivity contribution < 1.29 is 19.7 Å². The van der Waals surface area contributed by atoms with Gasteiger partial charge in [0.2, 0.25) is 0 Å². The number of phenols is 1. The van der Waals surface area contributed by atoms with Gasteiger partial charge in [0, 0.05) is 22.7 Å². The largest absolute Gasteiger partial charge is 0.507 e. The van der Waals surface area contributed by atoms with E-state index >= 15 is 0 Å². The fourth-order valence-electron chi connectivity index (χ4n) is 4.23. The zero-order valence-electron chi connectivity index (χ0n) is 18.8. The Morgan fingerprint density at radius 3 is 2.67 bits per heavy atom. The third-order valence-corrected chi connectivity index (χ3v) is 6.36. The van der Waals surface area contributed by atoms with Gasteiger partial charge in [0.05, 0.1) is 19.3 Å². The summed E-state index contributed by atoms with van der Waals surface area (Å²) in [6.07, 6.45) is 3.26. The molecule has 1 aromatic heterocycles. The molecule has 0 bridgehead atoms. The fourth-order valence-corrected chi connectivity index (χ4v) is 4.39. The lowest BCUT2D eigenvalue weighted by molar-refractivity contribution is 0.0706. The smallest absolute Gasteiger partial charge is 0.273 e. The van der Waals surface area contributed by atoms with Crippen LogP contribution in [0.4, 0.5) is 0 Å². The van der Waals surface area contributed by atoms with Crippen LogP contribution >= 0.6 is 11.6 Å². The number of aliphatic hydroxyl groups is 1. The van der Waals surface area contributed by atoms with Crippen LogP contribution in [0.2, 0.25) is 5.02 Å². The number of amides is 1. The number of benzene rings is 2. The SMILES string of the molecule is CCCCCOc1ccc(C2c3c(-c4cc(Cl)c(C)cc4O)n[nH]c3C(=O)N2CCO)cc1. The normalized spacial score (nSPS) is 15.2. The number of ether oxygens (including phenoxy) is 1. The van der Waals surface area contributed by atoms with Crippen LogP contribution in [-0.4, -0.2) is 51.0 Å². The first-order chi connectivity index (χ1) is 16.0. The zero-order valence-corrected chi connectivity index (χ0v) is 19.5. The number of carbonyl (C=O) groups excluding carboxylic acids is 1. The van der Waals surface area contributed by atoms with Crippen LogP contribution in [0, 0.1) is 6.92 Å². The van der Waals surface area contributed by atoms with Gasteiger partial charge in [-0.25, -0.2) is 0 Å². The predicted octanol–water partition coefficient (Wildman–Crippen LogP) is 4.85. The van der Waals surface area contributed by atoms with Gasteiger partial charge in [-0.2, -0.15) is 5.10 Å². The molecule has 4 rings (SSSR count). The van der Waals surface area contributed by atoms with E-state index in [1.165, 1.54) is 0 Å². The number of nitrogens with zero attached hydrogens (tertiary/aromatic N) is 2. The first-order valence-corrected chi connectivity index (χ1v) is 11.6. The van der Waals surface area contributed by atoms with Crippen molar-refractivity contribution in [3.8, 4) is 22.8 Å². The first-order valence-electron chi connectivity index (χ1n) is 11.2. The minimum absolute atomic E-state index is 0.0360. The van der Waals surface area contributed by atoms with Gasteiger partial charge in [-0.05, 0) is 48.7 Å². The molecule has 1 atom stereocenters. The molecule has 1 amide bonds. The third-order valence-electron chi connectivity index (χ3n) is 5.95. The van der Waals surface area contributed by atoms with Gasteiger partial charge in [0.15, 0.2) is 0 Å². The number of carbonyl (C=O) groups is 1. The standard InChI is InChI=1S/C25H28ClN3O4/c1-3-4-5-12-33-17-8-6-16(7-9-17)24-21-22(18-14-19(26)15(2)13-20(18)31)27-28-23(21)25(32)29(24)10-11-30/h6-9,13-14,24,30-31H,3-5,10-12H2,1-2H3,(H,27,28). The molecule has 0 aliphatic carbocycles. The number of aromatic amines is 1. The molecule has 8 heteroatoms. The summed E-state index contributed by atoms with van der Waals surface area (Å²) >= 11 is 6.32.